The zero-order valence-electron chi connectivity index (χ0n) is 8.41. The molecular formula is C10H7F2N3O2. The molecule has 17 heavy (non-hydrogen) atoms. The Kier molecular flexibility index (Phi) is 1.80. The second kappa shape index (κ2) is 3.09. The van der Waals surface area contributed by atoms with E-state index in [0.29, 0.717) is 17.1 Å². The quantitative estimate of drug-likeness (QED) is 0.798. The highest BCUT2D eigenvalue weighted by Crippen LogP contribution is 2.42. The molecule has 2 aromatic rings. The molecule has 5 nitrogen and oxygen atoms in total. The van der Waals surface area contributed by atoms with E-state index in [1.54, 1.807) is 12.1 Å². The summed E-state index contributed by atoms with van der Waals surface area (Å²) in [5.74, 6) is 0.315. The van der Waals surface area contributed by atoms with Gasteiger partial charge in [-0.1, -0.05) is 0 Å². The lowest BCUT2D eigenvalue weighted by atomic mass is 10.1. The van der Waals surface area contributed by atoms with Gasteiger partial charge in [-0.15, -0.1) is 8.78 Å². The summed E-state index contributed by atoms with van der Waals surface area (Å²) < 4.78 is 34.2. The first-order valence-corrected chi connectivity index (χ1v) is 4.75. The number of nitrogens with zero attached hydrogens (tertiary/aromatic N) is 1. The molecule has 3 rings (SSSR count). The van der Waals surface area contributed by atoms with Gasteiger partial charge in [0.15, 0.2) is 11.5 Å². The number of rotatable bonds is 1. The normalized spacial score (nSPS) is 16.1. The van der Waals surface area contributed by atoms with Crippen LogP contribution < -0.4 is 15.2 Å². The topological polar surface area (TPSA) is 73.2 Å². The number of nitrogens with two attached hydrogens (primary N) is 1. The number of aromatic nitrogens is 2. The van der Waals surface area contributed by atoms with Gasteiger partial charge in [-0.3, -0.25) is 5.10 Å². The van der Waals surface area contributed by atoms with Crippen molar-refractivity contribution in [3.8, 4) is 22.8 Å². The SMILES string of the molecule is Nc1cc(-c2ccc3c(c2)OC(F)(F)O3)[nH]n1. The molecule has 1 aromatic heterocycles. The number of hydrogen-bond acceptors (Lipinski definition) is 4. The average molecular weight is 239 g/mol. The number of fused-ring (bicyclic) bond motifs is 1. The van der Waals surface area contributed by atoms with Gasteiger partial charge in [-0.25, -0.2) is 0 Å². The number of nitrogens with one attached hydrogen (secondary N) is 1. The molecule has 0 aliphatic carbocycles. The van der Waals surface area contributed by atoms with Crippen LogP contribution in [0.25, 0.3) is 11.3 Å². The standard InChI is InChI=1S/C10H7F2N3O2/c11-10(12)16-7-2-1-5(3-8(7)17-10)6-4-9(13)15-14-6/h1-4H,(H3,13,14,15). The number of nitrogen functional groups attached to an aromatic ring is 1. The van der Waals surface area contributed by atoms with E-state index in [0.717, 1.165) is 0 Å². The van der Waals surface area contributed by atoms with Crippen LogP contribution in [0.2, 0.25) is 0 Å². The van der Waals surface area contributed by atoms with Crippen LogP contribution in [0.5, 0.6) is 11.5 Å². The summed E-state index contributed by atoms with van der Waals surface area (Å²) in [4.78, 5) is 0. The first-order chi connectivity index (χ1) is 8.03. The van der Waals surface area contributed by atoms with Crippen LogP contribution in [0.4, 0.5) is 14.6 Å². The highest BCUT2D eigenvalue weighted by atomic mass is 19.3. The molecule has 0 amide bonds. The Labute approximate surface area is 94.1 Å². The molecule has 0 radical (unpaired) electrons. The second-order valence-corrected chi connectivity index (χ2v) is 3.54. The molecule has 3 N–H and O–H groups in total. The zero-order valence-corrected chi connectivity index (χ0v) is 8.41. The van der Waals surface area contributed by atoms with Crippen molar-refractivity contribution >= 4 is 5.82 Å². The van der Waals surface area contributed by atoms with Gasteiger partial charge in [-0.2, -0.15) is 5.10 Å². The number of halogens is 2. The molecule has 2 heterocycles. The number of aromatic amines is 1. The van der Waals surface area contributed by atoms with E-state index in [-0.39, 0.29) is 11.5 Å². The van der Waals surface area contributed by atoms with Crippen LogP contribution in [0.1, 0.15) is 0 Å². The maximum absolute atomic E-state index is 12.8. The number of benzene rings is 1. The van der Waals surface area contributed by atoms with Crippen molar-refractivity contribution in [3.63, 3.8) is 0 Å². The van der Waals surface area contributed by atoms with Gasteiger partial charge in [0.2, 0.25) is 0 Å². The fourth-order valence-electron chi connectivity index (χ4n) is 1.60. The Morgan fingerprint density at radius 3 is 2.65 bits per heavy atom. The first kappa shape index (κ1) is 9.88. The van der Waals surface area contributed by atoms with Gasteiger partial charge in [0.05, 0.1) is 5.69 Å². The third-order valence-corrected chi connectivity index (χ3v) is 2.31. The highest BCUT2D eigenvalue weighted by molar-refractivity contribution is 5.66. The summed E-state index contributed by atoms with van der Waals surface area (Å²) in [5.41, 5.74) is 6.70. The monoisotopic (exact) mass is 239 g/mol. The van der Waals surface area contributed by atoms with Crippen molar-refractivity contribution in [2.24, 2.45) is 0 Å². The van der Waals surface area contributed by atoms with Gasteiger partial charge in [0.1, 0.15) is 5.82 Å². The lowest BCUT2D eigenvalue weighted by Gasteiger charge is -2.04. The smallest absolute Gasteiger partial charge is 0.395 e. The molecule has 1 aliphatic heterocycles. The molecule has 1 aliphatic rings. The Bertz CT molecular complexity index is 583. The Balaban J connectivity index is 2.01. The fraction of sp³-hybridized carbons (Fsp3) is 0.100. The van der Waals surface area contributed by atoms with Crippen molar-refractivity contribution in [1.82, 2.24) is 10.2 Å². The molecule has 7 heteroatoms. The molecule has 88 valence electrons. The predicted molar refractivity (Wildman–Crippen MR) is 54.6 cm³/mol. The van der Waals surface area contributed by atoms with Crippen LogP contribution in [0.15, 0.2) is 24.3 Å². The lowest BCUT2D eigenvalue weighted by Crippen LogP contribution is -2.25. The van der Waals surface area contributed by atoms with Gasteiger partial charge in [-0.05, 0) is 18.2 Å². The van der Waals surface area contributed by atoms with Crippen molar-refractivity contribution < 1.29 is 18.3 Å². The van der Waals surface area contributed by atoms with E-state index in [1.165, 1.54) is 12.1 Å². The lowest BCUT2D eigenvalue weighted by molar-refractivity contribution is -0.286. The maximum Gasteiger partial charge on any atom is 0.586 e. The van der Waals surface area contributed by atoms with E-state index >= 15 is 0 Å². The van der Waals surface area contributed by atoms with Crippen LogP contribution >= 0.6 is 0 Å². The maximum atomic E-state index is 12.8. The molecule has 0 saturated carbocycles. The van der Waals surface area contributed by atoms with E-state index in [1.807, 2.05) is 0 Å². The van der Waals surface area contributed by atoms with Crippen molar-refractivity contribution in [1.29, 1.82) is 0 Å². The van der Waals surface area contributed by atoms with Crippen LogP contribution in [0, 0.1) is 0 Å². The summed E-state index contributed by atoms with van der Waals surface area (Å²) in [6.45, 7) is 0. The van der Waals surface area contributed by atoms with Crippen LogP contribution in [-0.4, -0.2) is 16.5 Å². The molecule has 0 bridgehead atoms. The third-order valence-electron chi connectivity index (χ3n) is 2.31. The summed E-state index contributed by atoms with van der Waals surface area (Å²) >= 11 is 0. The van der Waals surface area contributed by atoms with E-state index in [2.05, 4.69) is 19.7 Å². The van der Waals surface area contributed by atoms with Crippen molar-refractivity contribution in [2.45, 2.75) is 6.29 Å². The first-order valence-electron chi connectivity index (χ1n) is 4.75. The van der Waals surface area contributed by atoms with E-state index < -0.39 is 6.29 Å². The minimum absolute atomic E-state index is 0.00578. The summed E-state index contributed by atoms with van der Waals surface area (Å²) in [7, 11) is 0. The number of H-pyrrole nitrogens is 1. The number of hydrogen-bond donors (Lipinski definition) is 2. The molecule has 0 fully saturated rings. The minimum atomic E-state index is -3.60. The van der Waals surface area contributed by atoms with Gasteiger partial charge in [0.25, 0.3) is 0 Å². The van der Waals surface area contributed by atoms with Crippen LogP contribution in [-0.2, 0) is 0 Å². The summed E-state index contributed by atoms with van der Waals surface area (Å²) in [5, 5.41) is 6.42. The van der Waals surface area contributed by atoms with Crippen molar-refractivity contribution in [2.75, 3.05) is 5.73 Å². The summed E-state index contributed by atoms with van der Waals surface area (Å²) in [6, 6.07) is 6.04. The van der Waals surface area contributed by atoms with Gasteiger partial charge < -0.3 is 15.2 Å². The fourth-order valence-corrected chi connectivity index (χ4v) is 1.60. The molecule has 1 aromatic carbocycles. The number of ether oxygens (including phenoxy) is 2. The Morgan fingerprint density at radius 2 is 1.94 bits per heavy atom. The van der Waals surface area contributed by atoms with E-state index in [4.69, 9.17) is 5.73 Å². The zero-order chi connectivity index (χ0) is 12.0. The van der Waals surface area contributed by atoms with Gasteiger partial charge >= 0.3 is 6.29 Å². The number of alkyl halides is 2. The second-order valence-electron chi connectivity index (χ2n) is 3.54. The Morgan fingerprint density at radius 1 is 1.18 bits per heavy atom. The number of anilines is 1. The molecule has 0 atom stereocenters. The average Bonchev–Trinajstić information content (AvgIpc) is 2.78. The van der Waals surface area contributed by atoms with Gasteiger partial charge in [0, 0.05) is 11.6 Å². The molecule has 0 saturated heterocycles. The molecular weight excluding hydrogens is 232 g/mol. The van der Waals surface area contributed by atoms with Crippen molar-refractivity contribution in [3.05, 3.63) is 24.3 Å². The minimum Gasteiger partial charge on any atom is -0.395 e. The highest BCUT2D eigenvalue weighted by Gasteiger charge is 2.43. The summed E-state index contributed by atoms with van der Waals surface area (Å²) in [6.07, 6.45) is -3.60. The van der Waals surface area contributed by atoms with E-state index in [9.17, 15) is 8.78 Å². The Hall–Kier alpha value is -2.31. The van der Waals surface area contributed by atoms with Crippen LogP contribution in [0.3, 0.4) is 0 Å². The molecule has 0 spiro atoms. The predicted octanol–water partition coefficient (Wildman–Crippen LogP) is 1.98. The third kappa shape index (κ3) is 1.65. The molecule has 0 unspecified atom stereocenters. The largest absolute Gasteiger partial charge is 0.586 e.